The molecule has 0 saturated heterocycles. The number of hydrogen-bond acceptors (Lipinski definition) is 4. The summed E-state index contributed by atoms with van der Waals surface area (Å²) in [6.07, 6.45) is 3.58. The molecular weight excluding hydrogens is 330 g/mol. The first kappa shape index (κ1) is 14.1. The lowest BCUT2D eigenvalue weighted by Crippen LogP contribution is -2.07. The van der Waals surface area contributed by atoms with E-state index in [0.717, 1.165) is 38.3 Å². The smallest absolute Gasteiger partial charge is 0.112 e. The summed E-state index contributed by atoms with van der Waals surface area (Å²) >= 11 is 3.42. The summed E-state index contributed by atoms with van der Waals surface area (Å²) < 4.78 is 6.53. The quantitative estimate of drug-likeness (QED) is 0.742. The number of hydrogen-bond donors (Lipinski definition) is 1. The molecule has 0 aliphatic carbocycles. The van der Waals surface area contributed by atoms with Crippen LogP contribution in [0, 0.1) is 13.8 Å². The van der Waals surface area contributed by atoms with Gasteiger partial charge in [-0.3, -0.25) is 9.97 Å². The molecule has 1 unspecified atom stereocenters. The van der Waals surface area contributed by atoms with Crippen LogP contribution in [0.1, 0.15) is 30.0 Å². The zero-order chi connectivity index (χ0) is 15.0. The number of furan rings is 1. The molecule has 0 aliphatic heterocycles. The van der Waals surface area contributed by atoms with Gasteiger partial charge in [0.15, 0.2) is 0 Å². The van der Waals surface area contributed by atoms with Crippen LogP contribution in [0.2, 0.25) is 0 Å². The zero-order valence-electron chi connectivity index (χ0n) is 12.1. The first-order chi connectivity index (χ1) is 10.0. The van der Waals surface area contributed by atoms with Crippen molar-refractivity contribution in [1.82, 2.24) is 9.97 Å². The lowest BCUT2D eigenvalue weighted by Gasteiger charge is -2.15. The van der Waals surface area contributed by atoms with Crippen molar-refractivity contribution in [1.29, 1.82) is 0 Å². The van der Waals surface area contributed by atoms with E-state index in [2.05, 4.69) is 44.2 Å². The Morgan fingerprint density at radius 3 is 2.76 bits per heavy atom. The van der Waals surface area contributed by atoms with E-state index >= 15 is 0 Å². The normalized spacial score (nSPS) is 12.6. The molecule has 0 amide bonds. The van der Waals surface area contributed by atoms with Gasteiger partial charge in [0.05, 0.1) is 17.2 Å². The Morgan fingerprint density at radius 1 is 1.24 bits per heavy atom. The van der Waals surface area contributed by atoms with E-state index in [1.165, 1.54) is 0 Å². The fourth-order valence-electron chi connectivity index (χ4n) is 2.51. The van der Waals surface area contributed by atoms with Crippen LogP contribution >= 0.6 is 15.9 Å². The van der Waals surface area contributed by atoms with Gasteiger partial charge in [-0.25, -0.2) is 0 Å². The highest BCUT2D eigenvalue weighted by Gasteiger charge is 2.14. The van der Waals surface area contributed by atoms with Crippen molar-refractivity contribution in [2.45, 2.75) is 26.8 Å². The van der Waals surface area contributed by atoms with Crippen LogP contribution in [-0.2, 0) is 0 Å². The van der Waals surface area contributed by atoms with Gasteiger partial charge >= 0.3 is 0 Å². The number of rotatable bonds is 3. The van der Waals surface area contributed by atoms with Gasteiger partial charge in [-0.05, 0) is 54.9 Å². The van der Waals surface area contributed by atoms with Crippen LogP contribution in [0.15, 0.2) is 39.5 Å². The van der Waals surface area contributed by atoms with Crippen molar-refractivity contribution in [3.8, 4) is 0 Å². The molecule has 0 aromatic carbocycles. The lowest BCUT2D eigenvalue weighted by atomic mass is 10.1. The number of aryl methyl sites for hydroxylation is 2. The second kappa shape index (κ2) is 5.48. The standard InChI is InChI=1S/C16H16BrN3O/c1-9-6-13(11(3)21-9)10(2)20-14-4-5-18-15-7-12(17)8-19-16(14)15/h4-8,10H,1-3H3,(H,18,20). The summed E-state index contributed by atoms with van der Waals surface area (Å²) in [5.41, 5.74) is 3.86. The van der Waals surface area contributed by atoms with Gasteiger partial charge in [-0.2, -0.15) is 0 Å². The molecule has 108 valence electrons. The van der Waals surface area contributed by atoms with Gasteiger partial charge in [-0.15, -0.1) is 0 Å². The second-order valence-electron chi connectivity index (χ2n) is 5.11. The number of pyridine rings is 2. The Bertz CT molecular complexity index is 797. The van der Waals surface area contributed by atoms with E-state index in [1.54, 1.807) is 12.4 Å². The van der Waals surface area contributed by atoms with Gasteiger partial charge < -0.3 is 9.73 Å². The Hall–Kier alpha value is -1.88. The summed E-state index contributed by atoms with van der Waals surface area (Å²) in [5.74, 6) is 1.87. The zero-order valence-corrected chi connectivity index (χ0v) is 13.7. The summed E-state index contributed by atoms with van der Waals surface area (Å²) in [6, 6.07) is 6.12. The summed E-state index contributed by atoms with van der Waals surface area (Å²) in [6.45, 7) is 6.06. The van der Waals surface area contributed by atoms with Crippen LogP contribution in [0.5, 0.6) is 0 Å². The van der Waals surface area contributed by atoms with Gasteiger partial charge in [-0.1, -0.05) is 0 Å². The lowest BCUT2D eigenvalue weighted by molar-refractivity contribution is 0.500. The molecule has 3 aromatic rings. The number of halogens is 1. The molecule has 21 heavy (non-hydrogen) atoms. The number of anilines is 1. The van der Waals surface area contributed by atoms with Crippen LogP contribution < -0.4 is 5.32 Å². The predicted molar refractivity (Wildman–Crippen MR) is 87.5 cm³/mol. The maximum Gasteiger partial charge on any atom is 0.112 e. The maximum absolute atomic E-state index is 5.60. The van der Waals surface area contributed by atoms with E-state index in [9.17, 15) is 0 Å². The molecule has 3 heterocycles. The number of aromatic nitrogens is 2. The maximum atomic E-state index is 5.60. The summed E-state index contributed by atoms with van der Waals surface area (Å²) in [5, 5.41) is 3.50. The van der Waals surface area contributed by atoms with Crippen molar-refractivity contribution in [3.05, 3.63) is 52.1 Å². The minimum atomic E-state index is 0.137. The van der Waals surface area contributed by atoms with Crippen LogP contribution in [0.25, 0.3) is 11.0 Å². The molecule has 5 heteroatoms. The molecule has 0 bridgehead atoms. The fraction of sp³-hybridized carbons (Fsp3) is 0.250. The van der Waals surface area contributed by atoms with Crippen molar-refractivity contribution < 1.29 is 4.42 Å². The third-order valence-corrected chi connectivity index (χ3v) is 3.90. The van der Waals surface area contributed by atoms with Gasteiger partial charge in [0.2, 0.25) is 0 Å². The molecule has 0 saturated carbocycles. The van der Waals surface area contributed by atoms with E-state index in [-0.39, 0.29) is 6.04 Å². The average molecular weight is 346 g/mol. The Morgan fingerprint density at radius 2 is 2.05 bits per heavy atom. The van der Waals surface area contributed by atoms with Gasteiger partial charge in [0, 0.05) is 22.4 Å². The third-order valence-electron chi connectivity index (χ3n) is 3.46. The molecule has 1 N–H and O–H groups in total. The average Bonchev–Trinajstić information content (AvgIpc) is 2.77. The fourth-order valence-corrected chi connectivity index (χ4v) is 2.83. The third kappa shape index (κ3) is 2.78. The SMILES string of the molecule is Cc1cc(C(C)Nc2ccnc3cc(Br)cnc23)c(C)o1. The summed E-state index contributed by atoms with van der Waals surface area (Å²) in [4.78, 5) is 8.81. The van der Waals surface area contributed by atoms with Crippen molar-refractivity contribution in [2.24, 2.45) is 0 Å². The molecule has 0 aliphatic rings. The van der Waals surface area contributed by atoms with E-state index in [0.29, 0.717) is 0 Å². The molecule has 3 rings (SSSR count). The topological polar surface area (TPSA) is 51.0 Å². The highest BCUT2D eigenvalue weighted by atomic mass is 79.9. The first-order valence-electron chi connectivity index (χ1n) is 6.78. The number of nitrogens with zero attached hydrogens (tertiary/aromatic N) is 2. The minimum absolute atomic E-state index is 0.137. The van der Waals surface area contributed by atoms with E-state index < -0.39 is 0 Å². The molecule has 4 nitrogen and oxygen atoms in total. The Balaban J connectivity index is 1.96. The molecular formula is C16H16BrN3O. The second-order valence-corrected chi connectivity index (χ2v) is 6.03. The minimum Gasteiger partial charge on any atom is -0.466 e. The number of nitrogens with one attached hydrogen (secondary N) is 1. The Kier molecular flexibility index (Phi) is 3.68. The highest BCUT2D eigenvalue weighted by Crippen LogP contribution is 2.28. The van der Waals surface area contributed by atoms with Crippen LogP contribution in [-0.4, -0.2) is 9.97 Å². The molecule has 3 aromatic heterocycles. The molecule has 0 fully saturated rings. The molecule has 1 atom stereocenters. The highest BCUT2D eigenvalue weighted by molar-refractivity contribution is 9.10. The van der Waals surface area contributed by atoms with Gasteiger partial charge in [0.25, 0.3) is 0 Å². The molecule has 0 radical (unpaired) electrons. The van der Waals surface area contributed by atoms with Gasteiger partial charge in [0.1, 0.15) is 17.0 Å². The van der Waals surface area contributed by atoms with Crippen molar-refractivity contribution >= 4 is 32.7 Å². The largest absolute Gasteiger partial charge is 0.466 e. The first-order valence-corrected chi connectivity index (χ1v) is 7.57. The predicted octanol–water partition coefficient (Wildman–Crippen LogP) is 4.78. The van der Waals surface area contributed by atoms with Crippen molar-refractivity contribution in [3.63, 3.8) is 0 Å². The molecule has 0 spiro atoms. The van der Waals surface area contributed by atoms with E-state index in [1.807, 2.05) is 26.0 Å². The van der Waals surface area contributed by atoms with Crippen LogP contribution in [0.3, 0.4) is 0 Å². The summed E-state index contributed by atoms with van der Waals surface area (Å²) in [7, 11) is 0. The monoisotopic (exact) mass is 345 g/mol. The van der Waals surface area contributed by atoms with E-state index in [4.69, 9.17) is 4.42 Å². The number of fused-ring (bicyclic) bond motifs is 1. The van der Waals surface area contributed by atoms with Crippen LogP contribution in [0.4, 0.5) is 5.69 Å². The Labute approximate surface area is 131 Å². The van der Waals surface area contributed by atoms with Crippen molar-refractivity contribution in [2.75, 3.05) is 5.32 Å².